The summed E-state index contributed by atoms with van der Waals surface area (Å²) in [6, 6.07) is 0. The molecule has 0 saturated carbocycles. The van der Waals surface area contributed by atoms with Gasteiger partial charge in [-0.15, -0.1) is 0 Å². The third kappa shape index (κ3) is 3.46. The van der Waals surface area contributed by atoms with Gasteiger partial charge in [0.15, 0.2) is 0 Å². The fourth-order valence-electron chi connectivity index (χ4n) is 2.47. The van der Waals surface area contributed by atoms with E-state index in [1.54, 1.807) is 6.20 Å². The van der Waals surface area contributed by atoms with Gasteiger partial charge in [0.05, 0.1) is 12.7 Å². The van der Waals surface area contributed by atoms with Gasteiger partial charge < -0.3 is 9.88 Å². The van der Waals surface area contributed by atoms with Crippen LogP contribution in [0.15, 0.2) is 6.20 Å². The van der Waals surface area contributed by atoms with Crippen LogP contribution in [-0.2, 0) is 13.6 Å². The van der Waals surface area contributed by atoms with E-state index in [2.05, 4.69) is 22.1 Å². The van der Waals surface area contributed by atoms with Gasteiger partial charge in [-0.25, -0.2) is 4.98 Å². The number of nitrogens with one attached hydrogen (secondary N) is 1. The summed E-state index contributed by atoms with van der Waals surface area (Å²) in [5.41, 5.74) is 0. The number of hydrogen-bond donors (Lipinski definition) is 1. The van der Waals surface area contributed by atoms with Gasteiger partial charge in [0.2, 0.25) is 0 Å². The molecule has 0 aromatic carbocycles. The molecule has 18 heavy (non-hydrogen) atoms. The van der Waals surface area contributed by atoms with Crippen LogP contribution in [0.4, 0.5) is 0 Å². The van der Waals surface area contributed by atoms with Crippen LogP contribution in [0.2, 0.25) is 5.15 Å². The maximum Gasteiger partial charge on any atom is 0.128 e. The van der Waals surface area contributed by atoms with Crippen LogP contribution in [0.5, 0.6) is 0 Å². The lowest BCUT2D eigenvalue weighted by Gasteiger charge is -2.31. The predicted molar refractivity (Wildman–Crippen MR) is 74.8 cm³/mol. The maximum absolute atomic E-state index is 6.00. The van der Waals surface area contributed by atoms with Gasteiger partial charge in [0.1, 0.15) is 11.0 Å². The molecular weight excluding hydrogens is 248 g/mol. The first-order chi connectivity index (χ1) is 8.70. The van der Waals surface area contributed by atoms with Crippen LogP contribution in [0.25, 0.3) is 0 Å². The first kappa shape index (κ1) is 13.8. The minimum Gasteiger partial charge on any atom is -0.321 e. The van der Waals surface area contributed by atoms with Crippen LogP contribution in [0.1, 0.15) is 25.6 Å². The summed E-state index contributed by atoms with van der Waals surface area (Å²) in [4.78, 5) is 6.83. The zero-order valence-corrected chi connectivity index (χ0v) is 12.1. The fraction of sp³-hybridized carbons (Fsp3) is 0.769. The van der Waals surface area contributed by atoms with Gasteiger partial charge in [-0.3, -0.25) is 4.90 Å². The molecule has 2 heterocycles. The summed E-state index contributed by atoms with van der Waals surface area (Å²) in [5.74, 6) is 1.90. The van der Waals surface area contributed by atoms with E-state index in [9.17, 15) is 0 Å². The van der Waals surface area contributed by atoms with Crippen molar-refractivity contribution in [1.82, 2.24) is 19.8 Å². The molecule has 1 aromatic rings. The van der Waals surface area contributed by atoms with Crippen LogP contribution >= 0.6 is 11.6 Å². The first-order valence-corrected chi connectivity index (χ1v) is 7.17. The lowest BCUT2D eigenvalue weighted by Crippen LogP contribution is -2.37. The normalized spacial score (nSPS) is 18.4. The summed E-state index contributed by atoms with van der Waals surface area (Å²) >= 11 is 6.00. The van der Waals surface area contributed by atoms with Crippen molar-refractivity contribution < 1.29 is 0 Å². The number of nitrogens with zero attached hydrogens (tertiary/aromatic N) is 3. The molecule has 0 aliphatic carbocycles. The number of imidazole rings is 1. The SMILES string of the molecule is CCNCC1CCN(Cc2ncc(Cl)n2C)CC1. The molecule has 1 fully saturated rings. The Bertz CT molecular complexity index is 369. The highest BCUT2D eigenvalue weighted by molar-refractivity contribution is 6.29. The highest BCUT2D eigenvalue weighted by Gasteiger charge is 2.20. The molecule has 5 heteroatoms. The van der Waals surface area contributed by atoms with Crippen molar-refractivity contribution in [2.75, 3.05) is 26.2 Å². The zero-order valence-electron chi connectivity index (χ0n) is 11.3. The molecule has 1 saturated heterocycles. The summed E-state index contributed by atoms with van der Waals surface area (Å²) < 4.78 is 1.96. The molecule has 1 aromatic heterocycles. The molecule has 1 aliphatic heterocycles. The third-order valence-electron chi connectivity index (χ3n) is 3.78. The van der Waals surface area contributed by atoms with Crippen molar-refractivity contribution in [3.05, 3.63) is 17.2 Å². The Kier molecular flexibility index (Phi) is 5.03. The van der Waals surface area contributed by atoms with Crippen LogP contribution in [-0.4, -0.2) is 40.6 Å². The predicted octanol–water partition coefficient (Wildman–Crippen LogP) is 1.89. The summed E-state index contributed by atoms with van der Waals surface area (Å²) in [6.45, 7) is 7.66. The van der Waals surface area contributed by atoms with Crippen molar-refractivity contribution >= 4 is 11.6 Å². The molecule has 1 aliphatic rings. The van der Waals surface area contributed by atoms with Crippen LogP contribution in [0.3, 0.4) is 0 Å². The van der Waals surface area contributed by atoms with Crippen LogP contribution < -0.4 is 5.32 Å². The summed E-state index contributed by atoms with van der Waals surface area (Å²) in [7, 11) is 1.97. The lowest BCUT2D eigenvalue weighted by molar-refractivity contribution is 0.171. The maximum atomic E-state index is 6.00. The largest absolute Gasteiger partial charge is 0.321 e. The monoisotopic (exact) mass is 270 g/mol. The number of hydrogen-bond acceptors (Lipinski definition) is 3. The molecule has 2 rings (SSSR count). The Morgan fingerprint density at radius 1 is 1.44 bits per heavy atom. The second kappa shape index (κ2) is 6.55. The molecule has 102 valence electrons. The topological polar surface area (TPSA) is 33.1 Å². The van der Waals surface area contributed by atoms with Gasteiger partial charge in [-0.05, 0) is 44.9 Å². The smallest absolute Gasteiger partial charge is 0.128 e. The summed E-state index contributed by atoms with van der Waals surface area (Å²) in [6.07, 6.45) is 4.30. The molecule has 4 nitrogen and oxygen atoms in total. The van der Waals surface area contributed by atoms with Crippen molar-refractivity contribution in [2.24, 2.45) is 13.0 Å². The van der Waals surface area contributed by atoms with Gasteiger partial charge in [-0.2, -0.15) is 0 Å². The van der Waals surface area contributed by atoms with Crippen molar-refractivity contribution in [3.8, 4) is 0 Å². The van der Waals surface area contributed by atoms with E-state index >= 15 is 0 Å². The van der Waals surface area contributed by atoms with Crippen molar-refractivity contribution in [3.63, 3.8) is 0 Å². The Morgan fingerprint density at radius 2 is 2.17 bits per heavy atom. The minimum absolute atomic E-state index is 0.715. The van der Waals surface area contributed by atoms with E-state index in [1.807, 2.05) is 11.6 Å². The molecule has 0 spiro atoms. The quantitative estimate of drug-likeness (QED) is 0.887. The highest BCUT2D eigenvalue weighted by atomic mass is 35.5. The average molecular weight is 271 g/mol. The Labute approximate surface area is 114 Å². The van der Waals surface area contributed by atoms with E-state index in [-0.39, 0.29) is 0 Å². The Hall–Kier alpha value is -0.580. The molecular formula is C13H23ClN4. The van der Waals surface area contributed by atoms with E-state index in [4.69, 9.17) is 11.6 Å². The van der Waals surface area contributed by atoms with Crippen molar-refractivity contribution in [1.29, 1.82) is 0 Å². The molecule has 0 atom stereocenters. The summed E-state index contributed by atoms with van der Waals surface area (Å²) in [5, 5.41) is 4.16. The molecule has 0 bridgehead atoms. The van der Waals surface area contributed by atoms with Gasteiger partial charge in [-0.1, -0.05) is 18.5 Å². The van der Waals surface area contributed by atoms with Crippen LogP contribution in [0, 0.1) is 5.92 Å². The van der Waals surface area contributed by atoms with Gasteiger partial charge in [0, 0.05) is 7.05 Å². The number of piperidine rings is 1. The van der Waals surface area contributed by atoms with Gasteiger partial charge in [0.25, 0.3) is 0 Å². The fourth-order valence-corrected chi connectivity index (χ4v) is 2.61. The second-order valence-electron chi connectivity index (χ2n) is 5.08. The van der Waals surface area contributed by atoms with E-state index in [0.717, 1.165) is 24.8 Å². The first-order valence-electron chi connectivity index (χ1n) is 6.80. The molecule has 0 amide bonds. The number of aromatic nitrogens is 2. The Morgan fingerprint density at radius 3 is 2.72 bits per heavy atom. The van der Waals surface area contributed by atoms with Gasteiger partial charge >= 0.3 is 0 Å². The standard InChI is InChI=1S/C13H23ClN4/c1-3-15-8-11-4-6-18(7-5-11)10-13-16-9-12(14)17(13)2/h9,11,15H,3-8,10H2,1-2H3. The third-order valence-corrected chi connectivity index (χ3v) is 4.13. The van der Waals surface area contributed by atoms with Crippen molar-refractivity contribution in [2.45, 2.75) is 26.3 Å². The number of likely N-dealkylation sites (tertiary alicyclic amines) is 1. The average Bonchev–Trinajstić information content (AvgIpc) is 2.70. The Balaban J connectivity index is 1.78. The lowest BCUT2D eigenvalue weighted by atomic mass is 9.97. The number of rotatable bonds is 5. The minimum atomic E-state index is 0.715. The zero-order chi connectivity index (χ0) is 13.0. The van der Waals surface area contributed by atoms with E-state index in [0.29, 0.717) is 5.15 Å². The molecule has 0 radical (unpaired) electrons. The number of halogens is 1. The molecule has 0 unspecified atom stereocenters. The highest BCUT2D eigenvalue weighted by Crippen LogP contribution is 2.19. The second-order valence-corrected chi connectivity index (χ2v) is 5.47. The van der Waals surface area contributed by atoms with E-state index < -0.39 is 0 Å². The molecule has 1 N–H and O–H groups in total. The van der Waals surface area contributed by atoms with E-state index in [1.165, 1.54) is 32.5 Å².